The zero-order valence-electron chi connectivity index (χ0n) is 13.4. The van der Waals surface area contributed by atoms with Crippen molar-refractivity contribution < 1.29 is 17.9 Å². The molecule has 2 aliphatic heterocycles. The topological polar surface area (TPSA) is 63.7 Å². The molecule has 0 N–H and O–H groups in total. The molecular formula is C18H16ClNO4S. The van der Waals surface area contributed by atoms with Gasteiger partial charge >= 0.3 is 0 Å². The lowest BCUT2D eigenvalue weighted by Gasteiger charge is -2.49. The van der Waals surface area contributed by atoms with Crippen molar-refractivity contribution in [2.24, 2.45) is 0 Å². The van der Waals surface area contributed by atoms with Gasteiger partial charge in [-0.3, -0.25) is 4.79 Å². The first-order valence-corrected chi connectivity index (χ1v) is 9.83. The highest BCUT2D eigenvalue weighted by Gasteiger charge is 2.60. The first-order chi connectivity index (χ1) is 11.9. The second-order valence-electron chi connectivity index (χ2n) is 6.29. The number of hydrogen-bond donors (Lipinski definition) is 0. The van der Waals surface area contributed by atoms with Crippen LogP contribution >= 0.6 is 11.6 Å². The van der Waals surface area contributed by atoms with Crippen molar-refractivity contribution in [3.8, 4) is 5.75 Å². The number of fused-ring (bicyclic) bond motifs is 3. The van der Waals surface area contributed by atoms with Crippen molar-refractivity contribution in [3.05, 3.63) is 64.7 Å². The molecule has 130 valence electrons. The predicted octanol–water partition coefficient (Wildman–Crippen LogP) is 3.12. The van der Waals surface area contributed by atoms with Crippen LogP contribution < -0.4 is 4.74 Å². The van der Waals surface area contributed by atoms with E-state index < -0.39 is 33.1 Å². The van der Waals surface area contributed by atoms with E-state index in [1.54, 1.807) is 55.5 Å². The predicted molar refractivity (Wildman–Crippen MR) is 94.1 cm³/mol. The van der Waals surface area contributed by atoms with Crippen LogP contribution in [0.25, 0.3) is 0 Å². The van der Waals surface area contributed by atoms with E-state index in [9.17, 15) is 13.2 Å². The molecule has 2 aliphatic rings. The second kappa shape index (κ2) is 5.75. The summed E-state index contributed by atoms with van der Waals surface area (Å²) in [5, 5.41) is -0.142. The Bertz CT molecular complexity index is 942. The highest BCUT2D eigenvalue weighted by molar-refractivity contribution is 7.91. The summed E-state index contributed by atoms with van der Waals surface area (Å²) in [6.07, 6.45) is 0. The van der Waals surface area contributed by atoms with Gasteiger partial charge in [0.15, 0.2) is 0 Å². The second-order valence-corrected chi connectivity index (χ2v) is 8.66. The molecule has 0 bridgehead atoms. The Morgan fingerprint density at radius 2 is 1.88 bits per heavy atom. The minimum Gasteiger partial charge on any atom is -0.491 e. The smallest absolute Gasteiger partial charge is 0.247 e. The number of sulfonamides is 1. The summed E-state index contributed by atoms with van der Waals surface area (Å²) in [7, 11) is -3.72. The molecule has 0 aromatic heterocycles. The summed E-state index contributed by atoms with van der Waals surface area (Å²) in [5.41, 5.74) is 1.35. The number of para-hydroxylation sites is 1. The quantitative estimate of drug-likeness (QED) is 0.806. The van der Waals surface area contributed by atoms with E-state index in [-0.39, 0.29) is 6.61 Å². The Hall–Kier alpha value is -2.05. The summed E-state index contributed by atoms with van der Waals surface area (Å²) in [5.74, 6) is -0.443. The minimum atomic E-state index is -3.72. The monoisotopic (exact) mass is 377 g/mol. The number of halogens is 1. The molecule has 2 unspecified atom stereocenters. The van der Waals surface area contributed by atoms with Crippen LogP contribution in [0, 0.1) is 0 Å². The Morgan fingerprint density at radius 3 is 2.60 bits per heavy atom. The maximum Gasteiger partial charge on any atom is 0.247 e. The molecule has 1 amide bonds. The lowest BCUT2D eigenvalue weighted by Crippen LogP contribution is -2.65. The van der Waals surface area contributed by atoms with Crippen molar-refractivity contribution in [1.82, 2.24) is 4.31 Å². The number of carbonyl (C=O) groups is 1. The molecule has 0 aliphatic carbocycles. The van der Waals surface area contributed by atoms with Crippen molar-refractivity contribution in [3.63, 3.8) is 0 Å². The molecule has 0 radical (unpaired) electrons. The van der Waals surface area contributed by atoms with Crippen LogP contribution in [-0.2, 0) is 14.8 Å². The fourth-order valence-electron chi connectivity index (χ4n) is 3.49. The molecule has 2 aromatic carbocycles. The number of nitrogens with zero attached hydrogens (tertiary/aromatic N) is 1. The maximum absolute atomic E-state index is 12.9. The molecule has 0 spiro atoms. The molecule has 25 heavy (non-hydrogen) atoms. The summed E-state index contributed by atoms with van der Waals surface area (Å²) >= 11 is 5.87. The summed E-state index contributed by atoms with van der Waals surface area (Å²) in [6.45, 7) is 1.88. The van der Waals surface area contributed by atoms with Crippen molar-refractivity contribution >= 4 is 27.5 Å². The molecule has 7 heteroatoms. The van der Waals surface area contributed by atoms with E-state index in [4.69, 9.17) is 16.3 Å². The van der Waals surface area contributed by atoms with E-state index in [0.717, 1.165) is 9.87 Å². The third-order valence-electron chi connectivity index (χ3n) is 4.84. The van der Waals surface area contributed by atoms with Crippen LogP contribution in [0.3, 0.4) is 0 Å². The Kier molecular flexibility index (Phi) is 3.77. The summed E-state index contributed by atoms with van der Waals surface area (Å²) in [6, 6.07) is 13.4. The lowest BCUT2D eigenvalue weighted by molar-refractivity contribution is -0.131. The van der Waals surface area contributed by atoms with E-state index in [1.807, 2.05) is 0 Å². The van der Waals surface area contributed by atoms with Gasteiger partial charge in [0.05, 0.1) is 5.92 Å². The molecular weight excluding hydrogens is 362 g/mol. The third-order valence-corrected chi connectivity index (χ3v) is 7.30. The molecule has 2 aromatic rings. The molecule has 1 fully saturated rings. The average Bonchev–Trinajstić information content (AvgIpc) is 2.60. The highest BCUT2D eigenvalue weighted by Crippen LogP contribution is 2.49. The summed E-state index contributed by atoms with van der Waals surface area (Å²) in [4.78, 5) is 12.9. The maximum atomic E-state index is 12.9. The van der Waals surface area contributed by atoms with E-state index in [2.05, 4.69) is 0 Å². The number of benzene rings is 2. The van der Waals surface area contributed by atoms with Crippen LogP contribution in [0.1, 0.15) is 29.2 Å². The Labute approximate surface area is 151 Å². The molecule has 2 heterocycles. The fourth-order valence-corrected chi connectivity index (χ4v) is 5.75. The van der Waals surface area contributed by atoms with E-state index >= 15 is 0 Å². The Balaban J connectivity index is 1.64. The van der Waals surface area contributed by atoms with Gasteiger partial charge in [-0.1, -0.05) is 41.9 Å². The zero-order valence-corrected chi connectivity index (χ0v) is 15.0. The zero-order chi connectivity index (χ0) is 17.8. The van der Waals surface area contributed by atoms with Gasteiger partial charge in [-0.25, -0.2) is 12.7 Å². The molecule has 0 saturated carbocycles. The lowest BCUT2D eigenvalue weighted by atomic mass is 9.97. The molecule has 3 atom stereocenters. The van der Waals surface area contributed by atoms with Gasteiger partial charge in [0.25, 0.3) is 0 Å². The van der Waals surface area contributed by atoms with Crippen molar-refractivity contribution in [1.29, 1.82) is 0 Å². The highest BCUT2D eigenvalue weighted by atomic mass is 35.5. The molecule has 1 saturated heterocycles. The standard InChI is InChI=1S/C18H16ClNO4S/c1-11(12-6-8-13(19)9-7-12)18(21)20-15-10-24-16-5-3-2-4-14(16)17(15)25(20,22)23/h2-9,11,15,17H,10H2,1H3/t11-,15?,17?/m0/s1. The SMILES string of the molecule is C[C@H](C(=O)N1C2COc3ccccc3C2S1(=O)=O)c1ccc(Cl)cc1. The normalized spacial score (nSPS) is 24.3. The largest absolute Gasteiger partial charge is 0.491 e. The first-order valence-electron chi connectivity index (χ1n) is 7.95. The first kappa shape index (κ1) is 16.4. The van der Waals surface area contributed by atoms with Crippen LogP contribution in [-0.4, -0.2) is 31.3 Å². The number of rotatable bonds is 2. The summed E-state index contributed by atoms with van der Waals surface area (Å²) < 4.78 is 32.3. The van der Waals surface area contributed by atoms with Gasteiger partial charge < -0.3 is 4.74 Å². The number of amides is 1. The minimum absolute atomic E-state index is 0.181. The van der Waals surface area contributed by atoms with Crippen molar-refractivity contribution in [2.45, 2.75) is 24.1 Å². The van der Waals surface area contributed by atoms with E-state index in [1.165, 1.54) is 0 Å². The van der Waals surface area contributed by atoms with Crippen LogP contribution in [0.4, 0.5) is 0 Å². The fraction of sp³-hybridized carbons (Fsp3) is 0.278. The molecule has 5 nitrogen and oxygen atoms in total. The molecule has 4 rings (SSSR count). The van der Waals surface area contributed by atoms with Gasteiger partial charge in [-0.15, -0.1) is 0 Å². The Morgan fingerprint density at radius 1 is 1.20 bits per heavy atom. The van der Waals surface area contributed by atoms with Gasteiger partial charge in [-0.05, 0) is 30.7 Å². The number of ether oxygens (including phenoxy) is 1. The van der Waals surface area contributed by atoms with E-state index in [0.29, 0.717) is 16.3 Å². The number of carbonyl (C=O) groups excluding carboxylic acids is 1. The van der Waals surface area contributed by atoms with Crippen LogP contribution in [0.5, 0.6) is 5.75 Å². The van der Waals surface area contributed by atoms with Crippen LogP contribution in [0.15, 0.2) is 48.5 Å². The van der Waals surface area contributed by atoms with Gasteiger partial charge in [-0.2, -0.15) is 0 Å². The van der Waals surface area contributed by atoms with Crippen molar-refractivity contribution in [2.75, 3.05) is 6.61 Å². The van der Waals surface area contributed by atoms with Gasteiger partial charge in [0.2, 0.25) is 15.9 Å². The third kappa shape index (κ3) is 2.43. The number of hydrogen-bond acceptors (Lipinski definition) is 4. The van der Waals surface area contributed by atoms with Gasteiger partial charge in [0.1, 0.15) is 23.6 Å². The van der Waals surface area contributed by atoms with Gasteiger partial charge in [0, 0.05) is 10.6 Å². The van der Waals surface area contributed by atoms with Crippen LogP contribution in [0.2, 0.25) is 5.02 Å². The average molecular weight is 378 g/mol.